The summed E-state index contributed by atoms with van der Waals surface area (Å²) in [6, 6.07) is 2.66. The molecule has 6 heteroatoms. The zero-order valence-electron chi connectivity index (χ0n) is 15.1. The Balaban J connectivity index is 1.28. The van der Waals surface area contributed by atoms with E-state index in [0.29, 0.717) is 12.5 Å². The fraction of sp³-hybridized carbons (Fsp3) is 0.789. The van der Waals surface area contributed by atoms with Crippen LogP contribution in [0.1, 0.15) is 49.9 Å². The van der Waals surface area contributed by atoms with Gasteiger partial charge in [-0.1, -0.05) is 0 Å². The van der Waals surface area contributed by atoms with Gasteiger partial charge in [0.1, 0.15) is 0 Å². The van der Waals surface area contributed by atoms with Gasteiger partial charge in [0.25, 0.3) is 0 Å². The summed E-state index contributed by atoms with van der Waals surface area (Å²) in [7, 11) is 0. The van der Waals surface area contributed by atoms with Crippen molar-refractivity contribution in [2.24, 2.45) is 5.92 Å². The van der Waals surface area contributed by atoms with Crippen LogP contribution in [0.15, 0.2) is 6.07 Å². The summed E-state index contributed by atoms with van der Waals surface area (Å²) >= 11 is 0. The van der Waals surface area contributed by atoms with Crippen molar-refractivity contribution in [1.82, 2.24) is 20.0 Å². The highest BCUT2D eigenvalue weighted by Gasteiger charge is 2.23. The second-order valence-corrected chi connectivity index (χ2v) is 7.84. The molecule has 1 saturated carbocycles. The Hall–Kier alpha value is -1.40. The highest BCUT2D eigenvalue weighted by molar-refractivity contribution is 5.76. The van der Waals surface area contributed by atoms with Crippen LogP contribution in [0.5, 0.6) is 0 Å². The molecular weight excluding hydrogens is 316 g/mol. The fourth-order valence-electron chi connectivity index (χ4n) is 3.85. The largest absolute Gasteiger partial charge is 0.381 e. The molecule has 25 heavy (non-hydrogen) atoms. The molecule has 0 bridgehead atoms. The molecule has 138 valence electrons. The number of rotatable bonds is 7. The summed E-state index contributed by atoms with van der Waals surface area (Å²) in [4.78, 5) is 14.4. The van der Waals surface area contributed by atoms with Crippen molar-refractivity contribution >= 4 is 5.91 Å². The van der Waals surface area contributed by atoms with Crippen LogP contribution in [0.2, 0.25) is 0 Å². The molecule has 1 aliphatic carbocycles. The standard InChI is InChI=1S/C19H30N4O2/c24-19(20-16-2-3-16)5-4-17-12-18-13-22(8-1-9-23(18)21-17)10-6-15-7-11-25-14-15/h12,15-16H,1-11,13-14H2,(H,20,24)/t15-/m1/s1. The van der Waals surface area contributed by atoms with E-state index < -0.39 is 0 Å². The van der Waals surface area contributed by atoms with E-state index in [0.717, 1.165) is 76.7 Å². The highest BCUT2D eigenvalue weighted by Crippen LogP contribution is 2.20. The number of nitrogens with one attached hydrogen (secondary N) is 1. The Bertz CT molecular complexity index is 590. The smallest absolute Gasteiger partial charge is 0.220 e. The van der Waals surface area contributed by atoms with Crippen LogP contribution in [0.25, 0.3) is 0 Å². The van der Waals surface area contributed by atoms with Crippen molar-refractivity contribution in [1.29, 1.82) is 0 Å². The normalized spacial score (nSPS) is 24.1. The molecule has 1 N–H and O–H groups in total. The molecule has 2 fully saturated rings. The average molecular weight is 346 g/mol. The van der Waals surface area contributed by atoms with Gasteiger partial charge in [0.05, 0.1) is 11.4 Å². The lowest BCUT2D eigenvalue weighted by Gasteiger charge is -2.20. The van der Waals surface area contributed by atoms with E-state index in [1.165, 1.54) is 18.5 Å². The number of carbonyl (C=O) groups is 1. The van der Waals surface area contributed by atoms with Crippen molar-refractivity contribution in [3.63, 3.8) is 0 Å². The first-order chi connectivity index (χ1) is 12.3. The Labute approximate surface area is 149 Å². The molecule has 1 amide bonds. The summed E-state index contributed by atoms with van der Waals surface area (Å²) in [5.74, 6) is 0.916. The third kappa shape index (κ3) is 4.82. The molecule has 2 aliphatic heterocycles. The second kappa shape index (κ2) is 7.87. The predicted octanol–water partition coefficient (Wildman–Crippen LogP) is 1.73. The maximum absolute atomic E-state index is 11.9. The molecule has 0 unspecified atom stereocenters. The second-order valence-electron chi connectivity index (χ2n) is 7.84. The topological polar surface area (TPSA) is 59.4 Å². The highest BCUT2D eigenvalue weighted by atomic mass is 16.5. The maximum atomic E-state index is 11.9. The SMILES string of the molecule is O=C(CCc1cc2n(n1)CCCN(CC[C@@H]1CCOC1)C2)NC1CC1. The number of hydrogen-bond acceptors (Lipinski definition) is 4. The number of amides is 1. The number of carbonyl (C=O) groups excluding carboxylic acids is 1. The average Bonchev–Trinajstić information content (AvgIpc) is 3.16. The van der Waals surface area contributed by atoms with Crippen LogP contribution in [-0.2, 0) is 29.0 Å². The molecule has 6 nitrogen and oxygen atoms in total. The molecule has 0 spiro atoms. The number of nitrogens with zero attached hydrogens (tertiary/aromatic N) is 3. The first-order valence-electron chi connectivity index (χ1n) is 9.91. The number of aryl methyl sites for hydroxylation is 2. The van der Waals surface area contributed by atoms with E-state index in [1.54, 1.807) is 0 Å². The lowest BCUT2D eigenvalue weighted by molar-refractivity contribution is -0.121. The van der Waals surface area contributed by atoms with Gasteiger partial charge in [-0.3, -0.25) is 14.4 Å². The van der Waals surface area contributed by atoms with Gasteiger partial charge in [0.2, 0.25) is 5.91 Å². The quantitative estimate of drug-likeness (QED) is 0.817. The Kier molecular flexibility index (Phi) is 5.36. The first-order valence-corrected chi connectivity index (χ1v) is 9.91. The van der Waals surface area contributed by atoms with E-state index in [9.17, 15) is 4.79 Å². The minimum absolute atomic E-state index is 0.172. The minimum atomic E-state index is 0.172. The molecule has 0 radical (unpaired) electrons. The molecule has 1 atom stereocenters. The summed E-state index contributed by atoms with van der Waals surface area (Å²) in [5, 5.41) is 7.79. The third-order valence-electron chi connectivity index (χ3n) is 5.57. The van der Waals surface area contributed by atoms with Gasteiger partial charge < -0.3 is 10.1 Å². The molecule has 4 rings (SSSR count). The Morgan fingerprint density at radius 3 is 3.04 bits per heavy atom. The van der Waals surface area contributed by atoms with E-state index in [4.69, 9.17) is 9.84 Å². The molecule has 0 aromatic carbocycles. The van der Waals surface area contributed by atoms with Crippen LogP contribution in [-0.4, -0.2) is 52.9 Å². The lowest BCUT2D eigenvalue weighted by Crippen LogP contribution is -2.26. The van der Waals surface area contributed by atoms with Gasteiger partial charge in [-0.25, -0.2) is 0 Å². The van der Waals surface area contributed by atoms with Crippen LogP contribution >= 0.6 is 0 Å². The van der Waals surface area contributed by atoms with E-state index in [1.807, 2.05) is 0 Å². The fourth-order valence-corrected chi connectivity index (χ4v) is 3.85. The van der Waals surface area contributed by atoms with Gasteiger partial charge in [-0.2, -0.15) is 5.10 Å². The molecular formula is C19H30N4O2. The first kappa shape index (κ1) is 17.0. The number of aromatic nitrogens is 2. The van der Waals surface area contributed by atoms with Crippen LogP contribution < -0.4 is 5.32 Å². The molecule has 1 aromatic heterocycles. The molecule has 1 aromatic rings. The van der Waals surface area contributed by atoms with Gasteiger partial charge in [0, 0.05) is 51.7 Å². The van der Waals surface area contributed by atoms with Crippen LogP contribution in [0.4, 0.5) is 0 Å². The minimum Gasteiger partial charge on any atom is -0.381 e. The molecule has 3 heterocycles. The Morgan fingerprint density at radius 2 is 2.24 bits per heavy atom. The van der Waals surface area contributed by atoms with Gasteiger partial charge in [0.15, 0.2) is 0 Å². The van der Waals surface area contributed by atoms with Crippen molar-refractivity contribution in [3.05, 3.63) is 17.5 Å². The monoisotopic (exact) mass is 346 g/mol. The number of ether oxygens (including phenoxy) is 1. The van der Waals surface area contributed by atoms with Gasteiger partial charge >= 0.3 is 0 Å². The van der Waals surface area contributed by atoms with Gasteiger partial charge in [-0.15, -0.1) is 0 Å². The summed E-state index contributed by atoms with van der Waals surface area (Å²) < 4.78 is 7.65. The van der Waals surface area contributed by atoms with E-state index in [2.05, 4.69) is 21.0 Å². The zero-order valence-corrected chi connectivity index (χ0v) is 15.1. The third-order valence-corrected chi connectivity index (χ3v) is 5.57. The lowest BCUT2D eigenvalue weighted by atomic mass is 10.0. The van der Waals surface area contributed by atoms with Crippen molar-refractivity contribution < 1.29 is 9.53 Å². The molecule has 3 aliphatic rings. The van der Waals surface area contributed by atoms with Crippen molar-refractivity contribution in [2.75, 3.05) is 26.3 Å². The summed E-state index contributed by atoms with van der Waals surface area (Å²) in [6.07, 6.45) is 7.20. The number of hydrogen-bond donors (Lipinski definition) is 1. The summed E-state index contributed by atoms with van der Waals surface area (Å²) in [5.41, 5.74) is 2.37. The maximum Gasteiger partial charge on any atom is 0.220 e. The zero-order chi connectivity index (χ0) is 17.1. The predicted molar refractivity (Wildman–Crippen MR) is 95.1 cm³/mol. The van der Waals surface area contributed by atoms with Crippen LogP contribution in [0.3, 0.4) is 0 Å². The van der Waals surface area contributed by atoms with Crippen molar-refractivity contribution in [3.8, 4) is 0 Å². The van der Waals surface area contributed by atoms with Gasteiger partial charge in [-0.05, 0) is 50.6 Å². The van der Waals surface area contributed by atoms with E-state index >= 15 is 0 Å². The number of fused-ring (bicyclic) bond motifs is 1. The Morgan fingerprint density at radius 1 is 1.32 bits per heavy atom. The van der Waals surface area contributed by atoms with Crippen LogP contribution in [0, 0.1) is 5.92 Å². The molecule has 1 saturated heterocycles. The van der Waals surface area contributed by atoms with Crippen molar-refractivity contribution in [2.45, 2.75) is 64.1 Å². The van der Waals surface area contributed by atoms with E-state index in [-0.39, 0.29) is 5.91 Å². The summed E-state index contributed by atoms with van der Waals surface area (Å²) in [6.45, 7) is 6.16.